The molecule has 1 aliphatic heterocycles. The summed E-state index contributed by atoms with van der Waals surface area (Å²) in [4.78, 5) is 72.7. The molecule has 0 aromatic carbocycles. The molecule has 1 aromatic heterocycles. The Balaban J connectivity index is 1.53. The highest BCUT2D eigenvalue weighted by Gasteiger charge is 2.48. The second kappa shape index (κ2) is 14.9. The number of rotatable bonds is 12. The zero-order valence-corrected chi connectivity index (χ0v) is 28.3. The van der Waals surface area contributed by atoms with Crippen LogP contribution in [0.3, 0.4) is 0 Å². The number of carbonyl (C=O) groups excluding carboxylic acids is 5. The average molecular weight is 639 g/mol. The van der Waals surface area contributed by atoms with Gasteiger partial charge in [-0.15, -0.1) is 0 Å². The molecule has 0 bridgehead atoms. The lowest BCUT2D eigenvalue weighted by molar-refractivity contribution is -0.144. The number of hydrogen-bond donors (Lipinski definition) is 4. The number of aromatic nitrogens is 1. The molecule has 0 radical (unpaired) electrons. The number of amides is 5. The summed E-state index contributed by atoms with van der Waals surface area (Å²) >= 11 is 0. The first kappa shape index (κ1) is 35.4. The number of carbonyl (C=O) groups is 5. The second-order valence-corrected chi connectivity index (χ2v) is 15.2. The molecule has 4 rings (SSSR count). The van der Waals surface area contributed by atoms with Crippen molar-refractivity contribution in [3.8, 4) is 0 Å². The predicted octanol–water partition coefficient (Wildman–Crippen LogP) is 3.64. The minimum absolute atomic E-state index is 0.0765. The van der Waals surface area contributed by atoms with E-state index in [1.54, 1.807) is 11.1 Å². The van der Waals surface area contributed by atoms with Crippen LogP contribution >= 0.6 is 0 Å². The normalized spacial score (nSPS) is 22.8. The van der Waals surface area contributed by atoms with Crippen LogP contribution in [0, 0.1) is 23.2 Å². The van der Waals surface area contributed by atoms with E-state index in [2.05, 4.69) is 20.9 Å². The summed E-state index contributed by atoms with van der Waals surface area (Å²) in [6.07, 6.45) is 11.0. The van der Waals surface area contributed by atoms with Crippen molar-refractivity contribution in [2.75, 3.05) is 6.54 Å². The Morgan fingerprint density at radius 1 is 1.00 bits per heavy atom. The van der Waals surface area contributed by atoms with Crippen molar-refractivity contribution in [3.63, 3.8) is 0 Å². The highest BCUT2D eigenvalue weighted by atomic mass is 16.2. The number of ketones is 1. The molecule has 2 aliphatic carbocycles. The van der Waals surface area contributed by atoms with Gasteiger partial charge in [0.25, 0.3) is 5.91 Å². The Kier molecular flexibility index (Phi) is 11.5. The largest absolute Gasteiger partial charge is 0.363 e. The number of nitrogens with two attached hydrogens (primary N) is 1. The fourth-order valence-corrected chi connectivity index (χ4v) is 7.47. The van der Waals surface area contributed by atoms with Gasteiger partial charge in [-0.3, -0.25) is 24.2 Å². The molecular weight excluding hydrogens is 584 g/mol. The summed E-state index contributed by atoms with van der Waals surface area (Å²) in [6, 6.07) is 2.58. The molecule has 3 aliphatic rings. The number of urea groups is 1. The van der Waals surface area contributed by atoms with Crippen LogP contribution in [-0.2, 0) is 25.6 Å². The van der Waals surface area contributed by atoms with Gasteiger partial charge in [0.2, 0.25) is 17.6 Å². The Hall–Kier alpha value is -3.50. The average Bonchev–Trinajstić information content (AvgIpc) is 3.42. The summed E-state index contributed by atoms with van der Waals surface area (Å²) in [5.41, 5.74) is 5.12. The van der Waals surface area contributed by atoms with Gasteiger partial charge in [0.15, 0.2) is 0 Å². The second-order valence-electron chi connectivity index (χ2n) is 15.2. The molecule has 3 fully saturated rings. The van der Waals surface area contributed by atoms with Crippen molar-refractivity contribution < 1.29 is 24.0 Å². The molecule has 46 heavy (non-hydrogen) atoms. The zero-order chi connectivity index (χ0) is 33.6. The molecule has 11 heteroatoms. The van der Waals surface area contributed by atoms with E-state index >= 15 is 0 Å². The van der Waals surface area contributed by atoms with Gasteiger partial charge in [-0.1, -0.05) is 79.2 Å². The van der Waals surface area contributed by atoms with E-state index in [4.69, 9.17) is 5.73 Å². The van der Waals surface area contributed by atoms with Crippen LogP contribution in [0.2, 0.25) is 0 Å². The molecular formula is C35H54N6O5. The molecule has 5 amide bonds. The standard InChI is InChI=1S/C35H54N6O5/c1-22(2)25-15-19-41(27(25)31(44)38-26(28(42)30(36)43)20-23-12-11-13-23)32(45)29(34(3,4)5)39-33(46)40-35(16-8-6-9-17-35)21-24-14-7-10-18-37-24/h7,10,14,18,22-23,25-27,29H,6,8-9,11-13,15-17,19-21H2,1-5H3,(H2,36,43)(H,38,44)(H2,39,40,46)/t25-,26?,27+,29-/m1/s1. The minimum Gasteiger partial charge on any atom is -0.363 e. The Morgan fingerprint density at radius 2 is 1.70 bits per heavy atom. The molecule has 254 valence electrons. The van der Waals surface area contributed by atoms with Gasteiger partial charge in [0.05, 0.1) is 6.04 Å². The Bertz CT molecular complexity index is 1250. The van der Waals surface area contributed by atoms with E-state index < -0.39 is 52.7 Å². The molecule has 5 N–H and O–H groups in total. The monoisotopic (exact) mass is 638 g/mol. The zero-order valence-electron chi connectivity index (χ0n) is 28.3. The lowest BCUT2D eigenvalue weighted by atomic mass is 9.78. The van der Waals surface area contributed by atoms with Gasteiger partial charge >= 0.3 is 6.03 Å². The smallest absolute Gasteiger partial charge is 0.315 e. The van der Waals surface area contributed by atoms with E-state index in [9.17, 15) is 24.0 Å². The number of hydrogen-bond acceptors (Lipinski definition) is 6. The van der Waals surface area contributed by atoms with Crippen molar-refractivity contribution in [1.29, 1.82) is 0 Å². The summed E-state index contributed by atoms with van der Waals surface area (Å²) in [7, 11) is 0. The van der Waals surface area contributed by atoms with Crippen LogP contribution in [0.5, 0.6) is 0 Å². The van der Waals surface area contributed by atoms with Crippen LogP contribution in [0.1, 0.15) is 105 Å². The topological polar surface area (TPSA) is 164 Å². The van der Waals surface area contributed by atoms with Gasteiger partial charge < -0.3 is 26.6 Å². The maximum Gasteiger partial charge on any atom is 0.315 e. The Morgan fingerprint density at radius 3 is 2.24 bits per heavy atom. The quantitative estimate of drug-likeness (QED) is 0.256. The van der Waals surface area contributed by atoms with Crippen molar-refractivity contribution in [2.24, 2.45) is 28.9 Å². The van der Waals surface area contributed by atoms with E-state index in [-0.39, 0.29) is 23.7 Å². The van der Waals surface area contributed by atoms with Gasteiger partial charge in [-0.2, -0.15) is 0 Å². The number of nitrogens with zero attached hydrogens (tertiary/aromatic N) is 2. The highest BCUT2D eigenvalue weighted by molar-refractivity contribution is 6.37. The molecule has 1 saturated heterocycles. The van der Waals surface area contributed by atoms with Gasteiger partial charge in [0.1, 0.15) is 12.1 Å². The molecule has 0 spiro atoms. The molecule has 4 atom stereocenters. The van der Waals surface area contributed by atoms with E-state index in [1.165, 1.54) is 0 Å². The number of nitrogens with one attached hydrogen (secondary N) is 3. The first-order valence-corrected chi connectivity index (χ1v) is 17.1. The van der Waals surface area contributed by atoms with Crippen molar-refractivity contribution in [3.05, 3.63) is 30.1 Å². The van der Waals surface area contributed by atoms with Crippen molar-refractivity contribution in [2.45, 2.75) is 129 Å². The van der Waals surface area contributed by atoms with Crippen molar-refractivity contribution in [1.82, 2.24) is 25.8 Å². The lowest BCUT2D eigenvalue weighted by Crippen LogP contribution is -2.63. The molecule has 1 unspecified atom stereocenters. The summed E-state index contributed by atoms with van der Waals surface area (Å²) in [5.74, 6) is -2.53. The van der Waals surface area contributed by atoms with Gasteiger partial charge in [-0.25, -0.2) is 4.79 Å². The van der Waals surface area contributed by atoms with E-state index in [1.807, 2.05) is 52.8 Å². The third kappa shape index (κ3) is 8.64. The van der Waals surface area contributed by atoms with Gasteiger partial charge in [0, 0.05) is 30.4 Å². The fourth-order valence-electron chi connectivity index (χ4n) is 7.47. The SMILES string of the molecule is CC(C)[C@H]1CCN(C(=O)[C@@H](NC(=O)NC2(Cc3ccccn3)CCCCC2)C(C)(C)C)[C@@H]1C(=O)NC(CC1CCC1)C(=O)C(N)=O. The summed E-state index contributed by atoms with van der Waals surface area (Å²) < 4.78 is 0. The first-order chi connectivity index (χ1) is 21.7. The van der Waals surface area contributed by atoms with E-state index in [0.717, 1.165) is 57.1 Å². The third-order valence-corrected chi connectivity index (χ3v) is 10.3. The molecule has 1 aromatic rings. The van der Waals surface area contributed by atoms with Crippen LogP contribution in [-0.4, -0.2) is 69.6 Å². The van der Waals surface area contributed by atoms with Crippen LogP contribution in [0.4, 0.5) is 4.79 Å². The lowest BCUT2D eigenvalue weighted by Gasteiger charge is -2.40. The first-order valence-electron chi connectivity index (χ1n) is 17.1. The number of Topliss-reactive ketones (excluding diaryl/α,β-unsaturated/α-hetero) is 1. The minimum atomic E-state index is -1.08. The summed E-state index contributed by atoms with van der Waals surface area (Å²) in [6.45, 7) is 10.0. The maximum atomic E-state index is 14.4. The highest BCUT2D eigenvalue weighted by Crippen LogP contribution is 2.35. The molecule has 11 nitrogen and oxygen atoms in total. The molecule has 2 heterocycles. The number of pyridine rings is 1. The summed E-state index contributed by atoms with van der Waals surface area (Å²) in [5, 5.41) is 9.07. The fraction of sp³-hybridized carbons (Fsp3) is 0.714. The third-order valence-electron chi connectivity index (χ3n) is 10.3. The predicted molar refractivity (Wildman–Crippen MR) is 175 cm³/mol. The van der Waals surface area contributed by atoms with Crippen molar-refractivity contribution >= 4 is 29.5 Å². The number of primary amides is 1. The number of likely N-dealkylation sites (tertiary alicyclic amines) is 1. The van der Waals surface area contributed by atoms with Crippen LogP contribution in [0.25, 0.3) is 0 Å². The van der Waals surface area contributed by atoms with Crippen LogP contribution in [0.15, 0.2) is 24.4 Å². The van der Waals surface area contributed by atoms with Gasteiger partial charge in [-0.05, 0) is 61.0 Å². The maximum absolute atomic E-state index is 14.4. The van der Waals surface area contributed by atoms with Crippen LogP contribution < -0.4 is 21.7 Å². The van der Waals surface area contributed by atoms with E-state index in [0.29, 0.717) is 25.8 Å². The molecule has 2 saturated carbocycles. The Labute approximate surface area is 273 Å².